The first-order valence-electron chi connectivity index (χ1n) is 8.40. The predicted molar refractivity (Wildman–Crippen MR) is 99.3 cm³/mol. The van der Waals surface area contributed by atoms with Crippen molar-refractivity contribution in [1.82, 2.24) is 14.2 Å². The highest BCUT2D eigenvalue weighted by Crippen LogP contribution is 2.19. The summed E-state index contributed by atoms with van der Waals surface area (Å²) in [7, 11) is -3.56. The molecule has 1 amide bonds. The Morgan fingerprint density at radius 3 is 2.46 bits per heavy atom. The van der Waals surface area contributed by atoms with Crippen molar-refractivity contribution in [3.05, 3.63) is 59.4 Å². The fourth-order valence-electron chi connectivity index (χ4n) is 2.93. The third-order valence-electron chi connectivity index (χ3n) is 4.43. The van der Waals surface area contributed by atoms with Gasteiger partial charge in [0.25, 0.3) is 0 Å². The summed E-state index contributed by atoms with van der Waals surface area (Å²) in [5.74, 6) is 0.0170. The van der Waals surface area contributed by atoms with Gasteiger partial charge in [-0.25, -0.2) is 8.42 Å². The number of hydrogen-bond acceptors (Lipinski definition) is 4. The van der Waals surface area contributed by atoms with Crippen LogP contribution < -0.4 is 0 Å². The third kappa shape index (κ3) is 4.23. The third-order valence-corrected chi connectivity index (χ3v) is 6.68. The van der Waals surface area contributed by atoms with E-state index in [9.17, 15) is 13.2 Å². The topological polar surface area (TPSA) is 70.6 Å². The minimum Gasteiger partial charge on any atom is -0.340 e. The van der Waals surface area contributed by atoms with Crippen LogP contribution in [-0.4, -0.2) is 54.7 Å². The summed E-state index contributed by atoms with van der Waals surface area (Å²) < 4.78 is 26.6. The molecular formula is C18H20ClN3O3S. The van der Waals surface area contributed by atoms with Gasteiger partial charge in [0.1, 0.15) is 4.90 Å². The molecule has 2 heterocycles. The Kier molecular flexibility index (Phi) is 5.90. The van der Waals surface area contributed by atoms with Crippen molar-refractivity contribution >= 4 is 27.5 Å². The molecule has 0 radical (unpaired) electrons. The second-order valence-electron chi connectivity index (χ2n) is 6.07. The standard InChI is InChI=1S/C18H20ClN3O3S/c19-17-6-2-1-4-15(17)7-8-18(23)21-10-12-22(13-11-21)26(24,25)16-5-3-9-20-14-16/h1-6,9,14H,7-8,10-13H2. The molecule has 1 fully saturated rings. The van der Waals surface area contributed by atoms with Crippen molar-refractivity contribution in [3.8, 4) is 0 Å². The summed E-state index contributed by atoms with van der Waals surface area (Å²) in [6.45, 7) is 1.35. The van der Waals surface area contributed by atoms with Crippen molar-refractivity contribution in [3.63, 3.8) is 0 Å². The maximum absolute atomic E-state index is 12.6. The van der Waals surface area contributed by atoms with Crippen molar-refractivity contribution in [2.24, 2.45) is 0 Å². The van der Waals surface area contributed by atoms with Crippen LogP contribution in [0.5, 0.6) is 0 Å². The molecule has 26 heavy (non-hydrogen) atoms. The van der Waals surface area contributed by atoms with E-state index < -0.39 is 10.0 Å². The average molecular weight is 394 g/mol. The van der Waals surface area contributed by atoms with E-state index >= 15 is 0 Å². The Morgan fingerprint density at radius 2 is 1.81 bits per heavy atom. The number of nitrogens with zero attached hydrogens (tertiary/aromatic N) is 3. The fraction of sp³-hybridized carbons (Fsp3) is 0.333. The fourth-order valence-corrected chi connectivity index (χ4v) is 4.54. The second kappa shape index (κ2) is 8.16. The zero-order valence-electron chi connectivity index (χ0n) is 14.2. The van der Waals surface area contributed by atoms with Crippen LogP contribution in [0.1, 0.15) is 12.0 Å². The molecule has 0 aliphatic carbocycles. The van der Waals surface area contributed by atoms with E-state index in [1.807, 2.05) is 24.3 Å². The number of aryl methyl sites for hydroxylation is 1. The lowest BCUT2D eigenvalue weighted by Gasteiger charge is -2.34. The van der Waals surface area contributed by atoms with Gasteiger partial charge < -0.3 is 4.90 Å². The number of hydrogen-bond donors (Lipinski definition) is 0. The summed E-state index contributed by atoms with van der Waals surface area (Å²) in [5.41, 5.74) is 0.945. The van der Waals surface area contributed by atoms with Crippen LogP contribution in [0.4, 0.5) is 0 Å². The maximum Gasteiger partial charge on any atom is 0.244 e. The van der Waals surface area contributed by atoms with Crippen LogP contribution in [0.3, 0.4) is 0 Å². The van der Waals surface area contributed by atoms with E-state index in [2.05, 4.69) is 4.98 Å². The highest BCUT2D eigenvalue weighted by Gasteiger charge is 2.30. The lowest BCUT2D eigenvalue weighted by Crippen LogP contribution is -2.50. The number of piperazine rings is 1. The van der Waals surface area contributed by atoms with Crippen molar-refractivity contribution < 1.29 is 13.2 Å². The van der Waals surface area contributed by atoms with E-state index in [4.69, 9.17) is 11.6 Å². The predicted octanol–water partition coefficient (Wildman–Crippen LogP) is 2.20. The van der Waals surface area contributed by atoms with E-state index in [1.54, 1.807) is 11.0 Å². The smallest absolute Gasteiger partial charge is 0.244 e. The first-order valence-corrected chi connectivity index (χ1v) is 10.2. The van der Waals surface area contributed by atoms with Gasteiger partial charge in [-0.05, 0) is 30.2 Å². The highest BCUT2D eigenvalue weighted by molar-refractivity contribution is 7.89. The van der Waals surface area contributed by atoms with E-state index in [0.717, 1.165) is 5.56 Å². The zero-order chi connectivity index (χ0) is 18.6. The summed E-state index contributed by atoms with van der Waals surface area (Å²) >= 11 is 6.12. The molecule has 0 atom stereocenters. The largest absolute Gasteiger partial charge is 0.340 e. The number of amides is 1. The SMILES string of the molecule is O=C(CCc1ccccc1Cl)N1CCN(S(=O)(=O)c2cccnc2)CC1. The number of carbonyl (C=O) groups excluding carboxylic acids is 1. The van der Waals surface area contributed by atoms with Gasteiger partial charge >= 0.3 is 0 Å². The van der Waals surface area contributed by atoms with Crippen LogP contribution in [0.15, 0.2) is 53.7 Å². The molecule has 0 N–H and O–H groups in total. The molecule has 0 unspecified atom stereocenters. The van der Waals surface area contributed by atoms with Crippen molar-refractivity contribution in [2.75, 3.05) is 26.2 Å². The number of aromatic nitrogens is 1. The molecule has 1 aromatic carbocycles. The Bertz CT molecular complexity index is 866. The Balaban J connectivity index is 1.55. The van der Waals surface area contributed by atoms with E-state index in [-0.39, 0.29) is 23.9 Å². The van der Waals surface area contributed by atoms with Gasteiger partial charge in [-0.15, -0.1) is 0 Å². The Labute approximate surface area is 158 Å². The van der Waals surface area contributed by atoms with Gasteiger partial charge in [0, 0.05) is 50.0 Å². The molecule has 3 rings (SSSR count). The first-order chi connectivity index (χ1) is 12.5. The van der Waals surface area contributed by atoms with E-state index in [1.165, 1.54) is 22.8 Å². The summed E-state index contributed by atoms with van der Waals surface area (Å²) in [4.78, 5) is 18.2. The summed E-state index contributed by atoms with van der Waals surface area (Å²) in [6.07, 6.45) is 3.82. The molecule has 0 spiro atoms. The molecule has 8 heteroatoms. The highest BCUT2D eigenvalue weighted by atomic mass is 35.5. The Hall–Kier alpha value is -1.96. The second-order valence-corrected chi connectivity index (χ2v) is 8.41. The van der Waals surface area contributed by atoms with Gasteiger partial charge in [-0.3, -0.25) is 9.78 Å². The maximum atomic E-state index is 12.6. The number of halogens is 1. The normalized spacial score (nSPS) is 15.8. The Morgan fingerprint density at radius 1 is 1.08 bits per heavy atom. The minimum atomic E-state index is -3.56. The molecule has 0 bridgehead atoms. The van der Waals surface area contributed by atoms with Crippen LogP contribution in [0, 0.1) is 0 Å². The molecule has 1 aliphatic heterocycles. The van der Waals surface area contributed by atoms with E-state index in [0.29, 0.717) is 31.0 Å². The van der Waals surface area contributed by atoms with Gasteiger partial charge in [0.15, 0.2) is 0 Å². The number of carbonyl (C=O) groups is 1. The van der Waals surface area contributed by atoms with Crippen molar-refractivity contribution in [1.29, 1.82) is 0 Å². The quantitative estimate of drug-likeness (QED) is 0.780. The van der Waals surface area contributed by atoms with Crippen LogP contribution in [0.2, 0.25) is 5.02 Å². The summed E-state index contributed by atoms with van der Waals surface area (Å²) in [6, 6.07) is 10.6. The van der Waals surface area contributed by atoms with Crippen LogP contribution in [0.25, 0.3) is 0 Å². The number of pyridine rings is 1. The zero-order valence-corrected chi connectivity index (χ0v) is 15.8. The van der Waals surface area contributed by atoms with Gasteiger partial charge in [0.05, 0.1) is 0 Å². The lowest BCUT2D eigenvalue weighted by molar-refractivity contribution is -0.132. The van der Waals surface area contributed by atoms with Crippen LogP contribution in [-0.2, 0) is 21.2 Å². The molecule has 1 saturated heterocycles. The molecule has 1 aliphatic rings. The minimum absolute atomic E-state index is 0.0170. The van der Waals surface area contributed by atoms with Crippen LogP contribution >= 0.6 is 11.6 Å². The molecule has 0 saturated carbocycles. The first kappa shape index (κ1) is 18.8. The molecule has 138 valence electrons. The van der Waals surface area contributed by atoms with Crippen molar-refractivity contribution in [2.45, 2.75) is 17.7 Å². The van der Waals surface area contributed by atoms with Gasteiger partial charge in [-0.1, -0.05) is 29.8 Å². The van der Waals surface area contributed by atoms with Gasteiger partial charge in [0.2, 0.25) is 15.9 Å². The lowest BCUT2D eigenvalue weighted by atomic mass is 10.1. The number of sulfonamides is 1. The molecular weight excluding hydrogens is 374 g/mol. The molecule has 6 nitrogen and oxygen atoms in total. The average Bonchev–Trinajstić information content (AvgIpc) is 2.68. The summed E-state index contributed by atoms with van der Waals surface area (Å²) in [5, 5.41) is 0.660. The number of benzene rings is 1. The van der Waals surface area contributed by atoms with Gasteiger partial charge in [-0.2, -0.15) is 4.31 Å². The molecule has 1 aromatic heterocycles. The molecule has 2 aromatic rings. The number of rotatable bonds is 5. The monoisotopic (exact) mass is 393 g/mol.